The molecule has 134 valence electrons. The number of aliphatic hydroxyl groups excluding tert-OH is 1. The monoisotopic (exact) mass is 350 g/mol. The number of aromatic amines is 1. The van der Waals surface area contributed by atoms with Gasteiger partial charge in [-0.1, -0.05) is 18.2 Å². The van der Waals surface area contributed by atoms with Crippen LogP contribution in [0.2, 0.25) is 0 Å². The summed E-state index contributed by atoms with van der Waals surface area (Å²) in [6.45, 7) is 2.94. The molecule has 0 saturated heterocycles. The Morgan fingerprint density at radius 2 is 2.00 bits per heavy atom. The van der Waals surface area contributed by atoms with E-state index in [2.05, 4.69) is 11.1 Å². The normalized spacial score (nSPS) is 16.5. The molecule has 0 fully saturated rings. The lowest BCUT2D eigenvalue weighted by Crippen LogP contribution is -2.46. The van der Waals surface area contributed by atoms with Crippen LogP contribution in [0.4, 0.5) is 0 Å². The van der Waals surface area contributed by atoms with Gasteiger partial charge in [0.15, 0.2) is 0 Å². The van der Waals surface area contributed by atoms with E-state index in [1.54, 1.807) is 17.0 Å². The molecule has 4 rings (SSSR count). The van der Waals surface area contributed by atoms with Gasteiger partial charge in [0.2, 0.25) is 0 Å². The molecule has 0 spiro atoms. The Morgan fingerprint density at radius 1 is 1.23 bits per heavy atom. The Kier molecular flexibility index (Phi) is 4.39. The summed E-state index contributed by atoms with van der Waals surface area (Å²) in [5.74, 6) is 0.677. The summed E-state index contributed by atoms with van der Waals surface area (Å²) in [5, 5.41) is 11.1. The van der Waals surface area contributed by atoms with Crippen LogP contribution in [0.3, 0.4) is 0 Å². The lowest BCUT2D eigenvalue weighted by molar-refractivity contribution is 0.0541. The van der Waals surface area contributed by atoms with Crippen LogP contribution in [0.1, 0.15) is 28.5 Å². The number of hydrogen-bond donors (Lipinski definition) is 2. The van der Waals surface area contributed by atoms with E-state index < -0.39 is 0 Å². The highest BCUT2D eigenvalue weighted by Crippen LogP contribution is 2.31. The molecular weight excluding hydrogens is 328 g/mol. The number of amides is 1. The summed E-state index contributed by atoms with van der Waals surface area (Å²) in [4.78, 5) is 18.2. The lowest BCUT2D eigenvalue weighted by Gasteiger charge is -2.34. The van der Waals surface area contributed by atoms with Crippen LogP contribution in [0.5, 0.6) is 5.75 Å². The molecule has 26 heavy (non-hydrogen) atoms. The molecule has 1 amide bonds. The highest BCUT2D eigenvalue weighted by molar-refractivity contribution is 5.95. The Hall–Kier alpha value is -2.79. The zero-order valence-electron chi connectivity index (χ0n) is 14.7. The summed E-state index contributed by atoms with van der Waals surface area (Å²) in [6.07, 6.45) is 0.651. The maximum absolute atomic E-state index is 13.0. The molecule has 0 radical (unpaired) electrons. The molecule has 1 aliphatic rings. The fourth-order valence-electron chi connectivity index (χ4n) is 3.70. The second-order valence-electron chi connectivity index (χ2n) is 6.56. The highest BCUT2D eigenvalue weighted by atomic mass is 16.5. The number of rotatable bonds is 4. The van der Waals surface area contributed by atoms with E-state index in [0.717, 1.165) is 17.0 Å². The summed E-state index contributed by atoms with van der Waals surface area (Å²) in [5.41, 5.74) is 3.93. The van der Waals surface area contributed by atoms with Gasteiger partial charge in [-0.3, -0.25) is 4.79 Å². The lowest BCUT2D eigenvalue weighted by atomic mass is 9.96. The standard InChI is InChI=1S/C21H22N2O3/c1-2-26-16-9-7-14(8-10-16)21(25)23-12-20-18(11-15(23)13-24)17-5-3-4-6-19(17)22-20/h3-10,15,22,24H,2,11-13H2,1H3. The molecule has 0 aliphatic carbocycles. The van der Waals surface area contributed by atoms with Crippen molar-refractivity contribution in [1.29, 1.82) is 0 Å². The van der Waals surface area contributed by atoms with Gasteiger partial charge in [-0.15, -0.1) is 0 Å². The molecule has 1 unspecified atom stereocenters. The van der Waals surface area contributed by atoms with Gasteiger partial charge in [-0.25, -0.2) is 0 Å². The quantitative estimate of drug-likeness (QED) is 0.760. The van der Waals surface area contributed by atoms with Crippen molar-refractivity contribution in [2.75, 3.05) is 13.2 Å². The second kappa shape index (κ2) is 6.84. The van der Waals surface area contributed by atoms with Gasteiger partial charge in [0, 0.05) is 22.2 Å². The number of benzene rings is 2. The van der Waals surface area contributed by atoms with Gasteiger partial charge in [0.05, 0.1) is 25.8 Å². The molecule has 1 atom stereocenters. The molecule has 5 nitrogen and oxygen atoms in total. The van der Waals surface area contributed by atoms with Crippen LogP contribution in [0, 0.1) is 0 Å². The molecule has 0 saturated carbocycles. The van der Waals surface area contributed by atoms with Gasteiger partial charge < -0.3 is 19.7 Å². The minimum atomic E-state index is -0.222. The number of aromatic nitrogens is 1. The number of ether oxygens (including phenoxy) is 1. The minimum absolute atomic E-state index is 0.0539. The SMILES string of the molecule is CCOc1ccc(C(=O)N2Cc3[nH]c4ccccc4c3CC2CO)cc1. The van der Waals surface area contributed by atoms with Gasteiger partial charge in [0.25, 0.3) is 5.91 Å². The van der Waals surface area contributed by atoms with E-state index in [9.17, 15) is 9.90 Å². The highest BCUT2D eigenvalue weighted by Gasteiger charge is 2.32. The number of carbonyl (C=O) groups excluding carboxylic acids is 1. The van der Waals surface area contributed by atoms with E-state index in [1.165, 1.54) is 10.9 Å². The third-order valence-electron chi connectivity index (χ3n) is 4.99. The first-order valence-electron chi connectivity index (χ1n) is 8.94. The molecule has 1 aromatic heterocycles. The molecule has 0 bridgehead atoms. The van der Waals surface area contributed by atoms with Gasteiger partial charge >= 0.3 is 0 Å². The fourth-order valence-corrected chi connectivity index (χ4v) is 3.70. The fraction of sp³-hybridized carbons (Fsp3) is 0.286. The predicted molar refractivity (Wildman–Crippen MR) is 100 cm³/mol. The van der Waals surface area contributed by atoms with E-state index in [4.69, 9.17) is 4.74 Å². The summed E-state index contributed by atoms with van der Waals surface area (Å²) < 4.78 is 5.44. The number of aliphatic hydroxyl groups is 1. The zero-order valence-corrected chi connectivity index (χ0v) is 14.7. The molecule has 2 heterocycles. The van der Waals surface area contributed by atoms with Crippen molar-refractivity contribution in [3.63, 3.8) is 0 Å². The first-order chi connectivity index (χ1) is 12.7. The first-order valence-corrected chi connectivity index (χ1v) is 8.94. The van der Waals surface area contributed by atoms with Crippen molar-refractivity contribution >= 4 is 16.8 Å². The summed E-state index contributed by atoms with van der Waals surface area (Å²) in [6, 6.07) is 15.1. The van der Waals surface area contributed by atoms with E-state index in [0.29, 0.717) is 25.1 Å². The zero-order chi connectivity index (χ0) is 18.1. The third kappa shape index (κ3) is 2.84. The number of nitrogens with one attached hydrogen (secondary N) is 1. The molecule has 3 aromatic rings. The van der Waals surface area contributed by atoms with Crippen molar-refractivity contribution in [2.45, 2.75) is 25.9 Å². The first kappa shape index (κ1) is 16.7. The molecule has 2 aromatic carbocycles. The summed E-state index contributed by atoms with van der Waals surface area (Å²) >= 11 is 0. The van der Waals surface area contributed by atoms with E-state index in [-0.39, 0.29) is 18.6 Å². The van der Waals surface area contributed by atoms with Crippen molar-refractivity contribution in [2.24, 2.45) is 0 Å². The maximum atomic E-state index is 13.0. The van der Waals surface area contributed by atoms with Crippen molar-refractivity contribution < 1.29 is 14.6 Å². The Labute approximate surface area is 152 Å². The number of para-hydroxylation sites is 1. The molecule has 2 N–H and O–H groups in total. The molecule has 5 heteroatoms. The molecule has 1 aliphatic heterocycles. The third-order valence-corrected chi connectivity index (χ3v) is 4.99. The summed E-state index contributed by atoms with van der Waals surface area (Å²) in [7, 11) is 0. The van der Waals surface area contributed by atoms with Gasteiger partial charge in [-0.05, 0) is 49.2 Å². The number of fused-ring (bicyclic) bond motifs is 3. The van der Waals surface area contributed by atoms with Crippen LogP contribution in [-0.2, 0) is 13.0 Å². The van der Waals surface area contributed by atoms with Crippen LogP contribution in [0.25, 0.3) is 10.9 Å². The average molecular weight is 350 g/mol. The second-order valence-corrected chi connectivity index (χ2v) is 6.56. The smallest absolute Gasteiger partial charge is 0.254 e. The molecular formula is C21H22N2O3. The number of carbonyl (C=O) groups is 1. The minimum Gasteiger partial charge on any atom is -0.494 e. The van der Waals surface area contributed by atoms with Gasteiger partial charge in [-0.2, -0.15) is 0 Å². The van der Waals surface area contributed by atoms with E-state index in [1.807, 2.05) is 37.3 Å². The van der Waals surface area contributed by atoms with Gasteiger partial charge in [0.1, 0.15) is 5.75 Å². The van der Waals surface area contributed by atoms with Crippen LogP contribution < -0.4 is 4.74 Å². The van der Waals surface area contributed by atoms with Crippen LogP contribution in [-0.4, -0.2) is 40.2 Å². The van der Waals surface area contributed by atoms with Crippen LogP contribution in [0.15, 0.2) is 48.5 Å². The average Bonchev–Trinajstić information content (AvgIpc) is 3.05. The number of H-pyrrole nitrogens is 1. The Balaban J connectivity index is 1.64. The van der Waals surface area contributed by atoms with E-state index >= 15 is 0 Å². The predicted octanol–water partition coefficient (Wildman–Crippen LogP) is 3.13. The largest absolute Gasteiger partial charge is 0.494 e. The number of nitrogens with zero attached hydrogens (tertiary/aromatic N) is 1. The van der Waals surface area contributed by atoms with Crippen LogP contribution >= 0.6 is 0 Å². The topological polar surface area (TPSA) is 65.6 Å². The Bertz CT molecular complexity index is 930. The van der Waals surface area contributed by atoms with Crippen molar-refractivity contribution in [3.05, 3.63) is 65.4 Å². The Morgan fingerprint density at radius 3 is 2.73 bits per heavy atom. The van der Waals surface area contributed by atoms with Crippen molar-refractivity contribution in [1.82, 2.24) is 9.88 Å². The van der Waals surface area contributed by atoms with Crippen molar-refractivity contribution in [3.8, 4) is 5.75 Å². The maximum Gasteiger partial charge on any atom is 0.254 e. The number of hydrogen-bond acceptors (Lipinski definition) is 3.